The highest BCUT2D eigenvalue weighted by atomic mass is 15.0. The highest BCUT2D eigenvalue weighted by Gasteiger charge is 2.23. The molecule has 5 aromatic carbocycles. The third-order valence-electron chi connectivity index (χ3n) is 9.77. The monoisotopic (exact) mass is 665 g/mol. The third-order valence-corrected chi connectivity index (χ3v) is 9.77. The summed E-state index contributed by atoms with van der Waals surface area (Å²) in [6, 6.07) is 49.7. The van der Waals surface area contributed by atoms with E-state index in [4.69, 9.17) is 9.97 Å². The minimum absolute atomic E-state index is 0.516. The molecule has 5 aromatic heterocycles. The number of benzene rings is 5. The van der Waals surface area contributed by atoms with Gasteiger partial charge < -0.3 is 9.13 Å². The Labute approximate surface area is 298 Å². The lowest BCUT2D eigenvalue weighted by molar-refractivity contribution is 1.10. The molecule has 10 aromatic rings. The number of nitrogens with zero attached hydrogens (tertiary/aromatic N) is 7. The normalized spacial score (nSPS) is 11.4. The number of fused-ring (bicyclic) bond motifs is 6. The number of hydrogen-bond donors (Lipinski definition) is 0. The Bertz CT molecular complexity index is 2730. The van der Waals surface area contributed by atoms with Crippen molar-refractivity contribution < 1.29 is 0 Å². The van der Waals surface area contributed by atoms with Crippen molar-refractivity contribution >= 4 is 43.6 Å². The molecule has 52 heavy (non-hydrogen) atoms. The van der Waals surface area contributed by atoms with E-state index in [2.05, 4.69) is 73.7 Å². The quantitative estimate of drug-likeness (QED) is 0.183. The maximum Gasteiger partial charge on any atom is 0.160 e. The van der Waals surface area contributed by atoms with Crippen molar-refractivity contribution in [3.63, 3.8) is 0 Å². The molecule has 7 heteroatoms. The van der Waals surface area contributed by atoms with Crippen LogP contribution in [0, 0.1) is 11.3 Å². The van der Waals surface area contributed by atoms with Crippen LogP contribution in [0.2, 0.25) is 0 Å². The SMILES string of the molecule is N#Cc1c(-n2c3ccccc3c3ccncc32)cc(-c2cc(-c3ccccc3)nc(-c3ccccc3)n2)cc1-n1c2ccccc2c2ccncc21. The van der Waals surface area contributed by atoms with E-state index in [-0.39, 0.29) is 0 Å². The molecule has 10 rings (SSSR count). The van der Waals surface area contributed by atoms with Gasteiger partial charge in [-0.25, -0.2) is 9.97 Å². The first-order valence-corrected chi connectivity index (χ1v) is 17.0. The molecule has 242 valence electrons. The van der Waals surface area contributed by atoms with Crippen LogP contribution in [0.5, 0.6) is 0 Å². The molecule has 0 saturated carbocycles. The highest BCUT2D eigenvalue weighted by Crippen LogP contribution is 2.40. The third kappa shape index (κ3) is 4.59. The lowest BCUT2D eigenvalue weighted by atomic mass is 10.0. The molecular weight excluding hydrogens is 639 g/mol. The topological polar surface area (TPSA) is 85.2 Å². The van der Waals surface area contributed by atoms with E-state index < -0.39 is 0 Å². The van der Waals surface area contributed by atoms with Crippen molar-refractivity contribution in [3.8, 4) is 51.3 Å². The van der Waals surface area contributed by atoms with Gasteiger partial charge in [-0.15, -0.1) is 0 Å². The summed E-state index contributed by atoms with van der Waals surface area (Å²) in [4.78, 5) is 19.3. The van der Waals surface area contributed by atoms with Gasteiger partial charge >= 0.3 is 0 Å². The lowest BCUT2D eigenvalue weighted by Crippen LogP contribution is -2.06. The van der Waals surface area contributed by atoms with Crippen LogP contribution in [0.1, 0.15) is 5.56 Å². The summed E-state index contributed by atoms with van der Waals surface area (Å²) < 4.78 is 4.32. The number of aromatic nitrogens is 6. The molecule has 0 spiro atoms. The minimum Gasteiger partial charge on any atom is -0.306 e. The number of rotatable bonds is 5. The van der Waals surface area contributed by atoms with E-state index in [1.54, 1.807) is 0 Å². The Kier molecular flexibility index (Phi) is 6.73. The summed E-state index contributed by atoms with van der Waals surface area (Å²) >= 11 is 0. The summed E-state index contributed by atoms with van der Waals surface area (Å²) in [7, 11) is 0. The second-order valence-corrected chi connectivity index (χ2v) is 12.7. The van der Waals surface area contributed by atoms with Crippen LogP contribution in [-0.2, 0) is 0 Å². The molecule has 0 bridgehead atoms. The molecule has 0 amide bonds. The van der Waals surface area contributed by atoms with Crippen molar-refractivity contribution in [1.82, 2.24) is 29.1 Å². The van der Waals surface area contributed by atoms with Crippen LogP contribution < -0.4 is 0 Å². The lowest BCUT2D eigenvalue weighted by Gasteiger charge is -2.18. The zero-order valence-electron chi connectivity index (χ0n) is 27.7. The molecule has 0 atom stereocenters. The summed E-state index contributed by atoms with van der Waals surface area (Å²) in [6.45, 7) is 0. The van der Waals surface area contributed by atoms with Gasteiger partial charge in [-0.2, -0.15) is 5.26 Å². The van der Waals surface area contributed by atoms with Crippen molar-refractivity contribution in [2.45, 2.75) is 0 Å². The van der Waals surface area contributed by atoms with E-state index in [0.717, 1.165) is 83.1 Å². The van der Waals surface area contributed by atoms with Gasteiger partial charge in [0, 0.05) is 50.6 Å². The largest absolute Gasteiger partial charge is 0.306 e. The highest BCUT2D eigenvalue weighted by molar-refractivity contribution is 6.11. The standard InChI is InChI=1S/C45H27N7/c46-26-36-41(51-39-17-9-7-15-32(39)34-19-21-47-27-43(34)51)23-31(24-42(36)52-40-18-10-8-16-33(40)35-20-22-48-28-44(35)52)38-25-37(29-11-3-1-4-12-29)49-45(50-38)30-13-5-2-6-14-30/h1-25,27-28H. The second-order valence-electron chi connectivity index (χ2n) is 12.7. The summed E-state index contributed by atoms with van der Waals surface area (Å²) in [5, 5.41) is 15.5. The first-order valence-electron chi connectivity index (χ1n) is 17.0. The van der Waals surface area contributed by atoms with Gasteiger partial charge in [0.2, 0.25) is 0 Å². The van der Waals surface area contributed by atoms with E-state index in [0.29, 0.717) is 11.4 Å². The predicted octanol–water partition coefficient (Wildman–Crippen LogP) is 10.3. The molecule has 7 nitrogen and oxygen atoms in total. The van der Waals surface area contributed by atoms with Crippen LogP contribution in [-0.4, -0.2) is 29.1 Å². The summed E-state index contributed by atoms with van der Waals surface area (Å²) in [5.41, 5.74) is 10.0. The van der Waals surface area contributed by atoms with Gasteiger partial charge in [-0.1, -0.05) is 97.1 Å². The molecule has 0 N–H and O–H groups in total. The number of pyridine rings is 2. The maximum atomic E-state index is 11.2. The molecular formula is C45H27N7. The Morgan fingerprint density at radius 2 is 0.904 bits per heavy atom. The Balaban J connectivity index is 1.36. The zero-order valence-corrected chi connectivity index (χ0v) is 27.7. The summed E-state index contributed by atoms with van der Waals surface area (Å²) in [6.07, 6.45) is 7.38. The fraction of sp³-hybridized carbons (Fsp3) is 0. The van der Waals surface area contributed by atoms with Gasteiger partial charge in [0.15, 0.2) is 5.82 Å². The van der Waals surface area contributed by atoms with Crippen LogP contribution >= 0.6 is 0 Å². The van der Waals surface area contributed by atoms with Crippen LogP contribution in [0.25, 0.3) is 88.9 Å². The fourth-order valence-electron chi connectivity index (χ4n) is 7.45. The fourth-order valence-corrected chi connectivity index (χ4v) is 7.45. The first-order chi connectivity index (χ1) is 25.8. The number of nitriles is 1. The molecule has 0 aliphatic heterocycles. The molecule has 0 aliphatic rings. The van der Waals surface area contributed by atoms with Gasteiger partial charge in [0.25, 0.3) is 0 Å². The van der Waals surface area contributed by atoms with E-state index in [9.17, 15) is 5.26 Å². The van der Waals surface area contributed by atoms with E-state index in [1.807, 2.05) is 116 Å². The van der Waals surface area contributed by atoms with Crippen LogP contribution in [0.3, 0.4) is 0 Å². The van der Waals surface area contributed by atoms with Crippen LogP contribution in [0.4, 0.5) is 0 Å². The van der Waals surface area contributed by atoms with Gasteiger partial charge in [0.05, 0.1) is 57.2 Å². The number of para-hydroxylation sites is 2. The van der Waals surface area contributed by atoms with Crippen LogP contribution in [0.15, 0.2) is 164 Å². The van der Waals surface area contributed by atoms with Crippen molar-refractivity contribution in [1.29, 1.82) is 5.26 Å². The van der Waals surface area contributed by atoms with Gasteiger partial charge in [0.1, 0.15) is 11.6 Å². The maximum absolute atomic E-state index is 11.2. The molecule has 5 heterocycles. The Morgan fingerprint density at radius 3 is 1.44 bits per heavy atom. The average Bonchev–Trinajstić information content (AvgIpc) is 3.74. The minimum atomic E-state index is 0.516. The average molecular weight is 666 g/mol. The smallest absolute Gasteiger partial charge is 0.160 e. The van der Waals surface area contributed by atoms with E-state index >= 15 is 0 Å². The first kappa shape index (κ1) is 29.5. The summed E-state index contributed by atoms with van der Waals surface area (Å²) in [5.74, 6) is 0.617. The second kappa shape index (κ2) is 11.9. The Morgan fingerprint density at radius 1 is 0.442 bits per heavy atom. The van der Waals surface area contributed by atoms with Gasteiger partial charge in [-0.05, 0) is 42.5 Å². The Hall–Kier alpha value is -7.43. The molecule has 0 fully saturated rings. The van der Waals surface area contributed by atoms with Crippen molar-refractivity contribution in [2.24, 2.45) is 0 Å². The predicted molar refractivity (Wildman–Crippen MR) is 207 cm³/mol. The van der Waals surface area contributed by atoms with Gasteiger partial charge in [-0.3, -0.25) is 9.97 Å². The molecule has 0 saturated heterocycles. The van der Waals surface area contributed by atoms with Crippen molar-refractivity contribution in [3.05, 3.63) is 170 Å². The molecule has 0 aliphatic carbocycles. The molecule has 0 radical (unpaired) electrons. The molecule has 0 unspecified atom stereocenters. The number of hydrogen-bond acceptors (Lipinski definition) is 5. The van der Waals surface area contributed by atoms with E-state index in [1.165, 1.54) is 0 Å². The van der Waals surface area contributed by atoms with Crippen molar-refractivity contribution in [2.75, 3.05) is 0 Å². The zero-order chi connectivity index (χ0) is 34.6.